The molecular weight excluding hydrogens is 390 g/mol. The lowest BCUT2D eigenvalue weighted by Gasteiger charge is -2.41. The average Bonchev–Trinajstić information content (AvgIpc) is 2.79. The summed E-state index contributed by atoms with van der Waals surface area (Å²) >= 11 is 0. The molecule has 1 N–H and O–H groups in total. The number of benzene rings is 2. The Morgan fingerprint density at radius 2 is 1.74 bits per heavy atom. The number of ether oxygens (including phenoxy) is 3. The van der Waals surface area contributed by atoms with Gasteiger partial charge in [0.1, 0.15) is 11.4 Å². The van der Waals surface area contributed by atoms with Crippen molar-refractivity contribution in [2.75, 3.05) is 13.2 Å². The molecule has 5 nitrogen and oxygen atoms in total. The van der Waals surface area contributed by atoms with Gasteiger partial charge in [0, 0.05) is 18.4 Å². The predicted octanol–water partition coefficient (Wildman–Crippen LogP) is 5.62. The van der Waals surface area contributed by atoms with Crippen molar-refractivity contribution in [3.63, 3.8) is 0 Å². The van der Waals surface area contributed by atoms with Crippen LogP contribution in [0, 0.1) is 0 Å². The van der Waals surface area contributed by atoms with E-state index in [1.165, 1.54) is 0 Å². The van der Waals surface area contributed by atoms with Gasteiger partial charge in [-0.15, -0.1) is 0 Å². The lowest BCUT2D eigenvalue weighted by Crippen LogP contribution is -2.44. The first kappa shape index (κ1) is 23.0. The number of amides is 1. The molecule has 1 atom stereocenters. The quantitative estimate of drug-likeness (QED) is 0.537. The minimum absolute atomic E-state index is 0.0309. The van der Waals surface area contributed by atoms with Crippen LogP contribution in [0.15, 0.2) is 42.5 Å². The van der Waals surface area contributed by atoms with Crippen LogP contribution in [-0.2, 0) is 11.2 Å². The van der Waals surface area contributed by atoms with Crippen molar-refractivity contribution in [3.05, 3.63) is 53.6 Å². The Hall–Kier alpha value is -2.69. The molecule has 1 heterocycles. The van der Waals surface area contributed by atoms with E-state index in [0.29, 0.717) is 26.1 Å². The Labute approximate surface area is 186 Å². The van der Waals surface area contributed by atoms with E-state index in [-0.39, 0.29) is 17.6 Å². The standard InChI is InChI=1S/C26H35NO4/c1-5-26(6-2)18-21(20-11-9-10-12-22(20)31-26)27-25(28)16-14-19-13-15-23(29-7-3)24(17-19)30-8-4/h9-13,15,17,21H,5-8,14,16,18H2,1-4H3,(H,27,28). The fourth-order valence-corrected chi connectivity index (χ4v) is 4.21. The van der Waals surface area contributed by atoms with Gasteiger partial charge in [-0.2, -0.15) is 0 Å². The minimum Gasteiger partial charge on any atom is -0.490 e. The van der Waals surface area contributed by atoms with Crippen LogP contribution in [0.3, 0.4) is 0 Å². The van der Waals surface area contributed by atoms with Gasteiger partial charge in [0.15, 0.2) is 11.5 Å². The molecule has 168 valence electrons. The first-order valence-electron chi connectivity index (χ1n) is 11.5. The number of nitrogens with one attached hydrogen (secondary N) is 1. The van der Waals surface area contributed by atoms with Crippen LogP contribution in [-0.4, -0.2) is 24.7 Å². The molecule has 1 aliphatic heterocycles. The van der Waals surface area contributed by atoms with Crippen LogP contribution >= 0.6 is 0 Å². The predicted molar refractivity (Wildman–Crippen MR) is 123 cm³/mol. The number of aryl methyl sites for hydroxylation is 1. The number of fused-ring (bicyclic) bond motifs is 1. The van der Waals surface area contributed by atoms with Crippen molar-refractivity contribution < 1.29 is 19.0 Å². The van der Waals surface area contributed by atoms with Crippen molar-refractivity contribution in [1.82, 2.24) is 5.32 Å². The molecule has 2 aromatic carbocycles. The molecule has 3 rings (SSSR count). The highest BCUT2D eigenvalue weighted by Crippen LogP contribution is 2.42. The topological polar surface area (TPSA) is 56.8 Å². The van der Waals surface area contributed by atoms with Gasteiger partial charge >= 0.3 is 0 Å². The van der Waals surface area contributed by atoms with E-state index < -0.39 is 0 Å². The first-order chi connectivity index (χ1) is 15.0. The summed E-state index contributed by atoms with van der Waals surface area (Å²) in [7, 11) is 0. The Morgan fingerprint density at radius 3 is 2.45 bits per heavy atom. The third-order valence-electron chi connectivity index (χ3n) is 6.07. The summed E-state index contributed by atoms with van der Waals surface area (Å²) in [5.74, 6) is 2.41. The highest BCUT2D eigenvalue weighted by molar-refractivity contribution is 5.77. The van der Waals surface area contributed by atoms with Crippen LogP contribution in [0.2, 0.25) is 0 Å². The molecule has 1 unspecified atom stereocenters. The molecule has 0 radical (unpaired) electrons. The molecule has 31 heavy (non-hydrogen) atoms. The molecule has 0 spiro atoms. The normalized spacial score (nSPS) is 16.7. The Balaban J connectivity index is 1.67. The van der Waals surface area contributed by atoms with Crippen LogP contribution < -0.4 is 19.5 Å². The van der Waals surface area contributed by atoms with Gasteiger partial charge in [-0.25, -0.2) is 0 Å². The molecule has 1 amide bonds. The second-order valence-corrected chi connectivity index (χ2v) is 8.00. The van der Waals surface area contributed by atoms with E-state index >= 15 is 0 Å². The summed E-state index contributed by atoms with van der Waals surface area (Å²) < 4.78 is 17.7. The van der Waals surface area contributed by atoms with Gasteiger partial charge < -0.3 is 19.5 Å². The maximum Gasteiger partial charge on any atom is 0.220 e. The average molecular weight is 426 g/mol. The highest BCUT2D eigenvalue weighted by atomic mass is 16.5. The zero-order valence-corrected chi connectivity index (χ0v) is 19.2. The number of carbonyl (C=O) groups excluding carboxylic acids is 1. The Bertz CT molecular complexity index is 875. The number of hydrogen-bond donors (Lipinski definition) is 1. The Kier molecular flexibility index (Phi) is 7.83. The number of para-hydroxylation sites is 1. The molecular formula is C26H35NO4. The van der Waals surface area contributed by atoms with Gasteiger partial charge in [0.2, 0.25) is 5.91 Å². The minimum atomic E-state index is -0.228. The van der Waals surface area contributed by atoms with Crippen molar-refractivity contribution in [2.24, 2.45) is 0 Å². The Morgan fingerprint density at radius 1 is 1.03 bits per heavy atom. The zero-order chi connectivity index (χ0) is 22.3. The van der Waals surface area contributed by atoms with Gasteiger partial charge in [0.05, 0.1) is 19.3 Å². The van der Waals surface area contributed by atoms with E-state index in [9.17, 15) is 4.79 Å². The molecule has 0 fully saturated rings. The molecule has 0 saturated carbocycles. The van der Waals surface area contributed by atoms with Crippen LogP contribution in [0.1, 0.15) is 70.5 Å². The molecule has 0 bridgehead atoms. The second-order valence-electron chi connectivity index (χ2n) is 8.00. The van der Waals surface area contributed by atoms with E-state index in [1.54, 1.807) is 0 Å². The zero-order valence-electron chi connectivity index (χ0n) is 19.2. The number of rotatable bonds is 10. The van der Waals surface area contributed by atoms with Gasteiger partial charge in [-0.3, -0.25) is 4.79 Å². The number of hydrogen-bond acceptors (Lipinski definition) is 4. The van der Waals surface area contributed by atoms with Crippen molar-refractivity contribution in [2.45, 2.75) is 71.4 Å². The van der Waals surface area contributed by atoms with Crippen LogP contribution in [0.5, 0.6) is 17.2 Å². The van der Waals surface area contributed by atoms with E-state index in [2.05, 4.69) is 25.2 Å². The molecule has 0 aromatic heterocycles. The largest absolute Gasteiger partial charge is 0.490 e. The second kappa shape index (κ2) is 10.6. The van der Waals surface area contributed by atoms with Gasteiger partial charge in [0.25, 0.3) is 0 Å². The van der Waals surface area contributed by atoms with Crippen molar-refractivity contribution in [1.29, 1.82) is 0 Å². The SMILES string of the molecule is CCOc1ccc(CCC(=O)NC2CC(CC)(CC)Oc3ccccc32)cc1OCC. The smallest absolute Gasteiger partial charge is 0.220 e. The maximum atomic E-state index is 12.9. The number of carbonyl (C=O) groups is 1. The van der Waals surface area contributed by atoms with Crippen LogP contribution in [0.4, 0.5) is 0 Å². The van der Waals surface area contributed by atoms with E-state index in [0.717, 1.165) is 47.6 Å². The molecule has 0 aliphatic carbocycles. The van der Waals surface area contributed by atoms with Crippen LogP contribution in [0.25, 0.3) is 0 Å². The lowest BCUT2D eigenvalue weighted by atomic mass is 9.83. The molecule has 1 aliphatic rings. The highest BCUT2D eigenvalue weighted by Gasteiger charge is 2.38. The third-order valence-corrected chi connectivity index (χ3v) is 6.07. The summed E-state index contributed by atoms with van der Waals surface area (Å²) in [6.45, 7) is 9.37. The summed E-state index contributed by atoms with van der Waals surface area (Å²) in [6, 6.07) is 13.9. The fraction of sp³-hybridized carbons (Fsp3) is 0.500. The monoisotopic (exact) mass is 425 g/mol. The summed E-state index contributed by atoms with van der Waals surface area (Å²) in [5, 5.41) is 3.27. The molecule has 0 saturated heterocycles. The van der Waals surface area contributed by atoms with Gasteiger partial charge in [-0.1, -0.05) is 38.1 Å². The van der Waals surface area contributed by atoms with Gasteiger partial charge in [-0.05, 0) is 56.9 Å². The van der Waals surface area contributed by atoms with Crippen molar-refractivity contribution in [3.8, 4) is 17.2 Å². The van der Waals surface area contributed by atoms with E-state index in [4.69, 9.17) is 14.2 Å². The third kappa shape index (κ3) is 5.52. The molecule has 5 heteroatoms. The maximum absolute atomic E-state index is 12.9. The fourth-order valence-electron chi connectivity index (χ4n) is 4.21. The van der Waals surface area contributed by atoms with E-state index in [1.807, 2.05) is 50.2 Å². The molecule has 2 aromatic rings. The summed E-state index contributed by atoms with van der Waals surface area (Å²) in [4.78, 5) is 12.9. The summed E-state index contributed by atoms with van der Waals surface area (Å²) in [6.07, 6.45) is 3.69. The first-order valence-corrected chi connectivity index (χ1v) is 11.5. The summed E-state index contributed by atoms with van der Waals surface area (Å²) in [5.41, 5.74) is 1.90. The lowest BCUT2D eigenvalue weighted by molar-refractivity contribution is -0.122. The van der Waals surface area contributed by atoms with Crippen molar-refractivity contribution >= 4 is 5.91 Å².